The molecule has 0 aliphatic heterocycles. The normalized spacial score (nSPS) is 11.8. The van der Waals surface area contributed by atoms with E-state index in [1.165, 1.54) is 83.5 Å². The van der Waals surface area contributed by atoms with Crippen LogP contribution in [-0.2, 0) is 9.09 Å². The maximum absolute atomic E-state index is 10.3. The first-order valence-corrected chi connectivity index (χ1v) is 10.2. The third-order valence-corrected chi connectivity index (χ3v) is 4.35. The van der Waals surface area contributed by atoms with E-state index >= 15 is 0 Å². The van der Waals surface area contributed by atoms with Crippen LogP contribution >= 0.6 is 8.25 Å². The number of rotatable bonds is 17. The van der Waals surface area contributed by atoms with Crippen LogP contribution in [0, 0.1) is 0 Å². The second kappa shape index (κ2) is 18.1. The zero-order valence-electron chi connectivity index (χ0n) is 14.0. The molecule has 4 heteroatoms. The zero-order valence-corrected chi connectivity index (χ0v) is 14.9. The number of unbranched alkanes of at least 4 members (excludes halogenated alkanes) is 14. The molecule has 0 aromatic rings. The molecule has 0 rings (SSSR count). The van der Waals surface area contributed by atoms with Gasteiger partial charge in [0.1, 0.15) is 6.61 Å². The highest BCUT2D eigenvalue weighted by atomic mass is 31.1. The molecule has 0 amide bonds. The lowest BCUT2D eigenvalue weighted by Crippen LogP contribution is -1.87. The maximum Gasteiger partial charge on any atom is 0.694 e. The highest BCUT2D eigenvalue weighted by Crippen LogP contribution is 2.16. The molecule has 0 spiro atoms. The summed E-state index contributed by atoms with van der Waals surface area (Å²) >= 11 is 0. The molecule has 0 aromatic carbocycles. The predicted octanol–water partition coefficient (Wildman–Crippen LogP) is 6.52. The summed E-state index contributed by atoms with van der Waals surface area (Å²) in [5.41, 5.74) is 0. The predicted molar refractivity (Wildman–Crippen MR) is 90.7 cm³/mol. The summed E-state index contributed by atoms with van der Waals surface area (Å²) in [5.74, 6) is 0. The number of hydrogen-bond donors (Lipinski definition) is 1. The van der Waals surface area contributed by atoms with Gasteiger partial charge < -0.3 is 0 Å². The van der Waals surface area contributed by atoms with E-state index in [9.17, 15) is 4.57 Å². The van der Waals surface area contributed by atoms with Crippen LogP contribution in [-0.4, -0.2) is 11.5 Å². The Balaban J connectivity index is 2.95. The van der Waals surface area contributed by atoms with Crippen LogP contribution < -0.4 is 0 Å². The zero-order chi connectivity index (χ0) is 15.6. The van der Waals surface area contributed by atoms with E-state index in [0.717, 1.165) is 12.8 Å². The lowest BCUT2D eigenvalue weighted by molar-refractivity contribution is 0.273. The third-order valence-electron chi connectivity index (χ3n) is 3.95. The first-order chi connectivity index (χ1) is 10.3. The minimum Gasteiger partial charge on any atom is -0.133 e. The topological polar surface area (TPSA) is 46.5 Å². The van der Waals surface area contributed by atoms with Crippen LogP contribution in [0.1, 0.15) is 103 Å². The van der Waals surface area contributed by atoms with E-state index < -0.39 is 8.25 Å². The smallest absolute Gasteiger partial charge is 0.133 e. The second-order valence-electron chi connectivity index (χ2n) is 6.02. The minimum absolute atomic E-state index is 0.421. The van der Waals surface area contributed by atoms with Crippen LogP contribution in [0.25, 0.3) is 0 Å². The van der Waals surface area contributed by atoms with E-state index in [2.05, 4.69) is 11.4 Å². The fourth-order valence-corrected chi connectivity index (χ4v) is 2.90. The van der Waals surface area contributed by atoms with Gasteiger partial charge in [-0.15, -0.1) is 9.42 Å². The monoisotopic (exact) mass is 319 g/mol. The summed E-state index contributed by atoms with van der Waals surface area (Å²) in [7, 11) is -2.39. The van der Waals surface area contributed by atoms with Crippen molar-refractivity contribution in [1.29, 1.82) is 0 Å². The summed E-state index contributed by atoms with van der Waals surface area (Å²) < 4.78 is 14.9. The van der Waals surface area contributed by atoms with Gasteiger partial charge in [0.2, 0.25) is 0 Å². The average Bonchev–Trinajstić information content (AvgIpc) is 2.46. The van der Waals surface area contributed by atoms with Crippen LogP contribution in [0.15, 0.2) is 0 Å². The van der Waals surface area contributed by atoms with Crippen molar-refractivity contribution >= 4 is 8.25 Å². The summed E-state index contributed by atoms with van der Waals surface area (Å²) in [6.45, 7) is 2.69. The fourth-order valence-electron chi connectivity index (χ4n) is 2.62. The Hall–Kier alpha value is 0.0200. The van der Waals surface area contributed by atoms with Gasteiger partial charge in [0.15, 0.2) is 0 Å². The van der Waals surface area contributed by atoms with Gasteiger partial charge in [0, 0.05) is 4.57 Å². The summed E-state index contributed by atoms with van der Waals surface area (Å²) in [6, 6.07) is 0. The van der Waals surface area contributed by atoms with E-state index in [0.29, 0.717) is 6.61 Å². The van der Waals surface area contributed by atoms with E-state index in [1.54, 1.807) is 0 Å². The van der Waals surface area contributed by atoms with Crippen LogP contribution in [0.4, 0.5) is 0 Å². The molecule has 126 valence electrons. The Labute approximate surface area is 132 Å². The first kappa shape index (κ1) is 21.0. The van der Waals surface area contributed by atoms with Crippen LogP contribution in [0.3, 0.4) is 0 Å². The standard InChI is InChI=1S/C17H35O3P/c1-2-3-4-5-6-7-8-9-10-11-12-13-14-15-16-17-20-21(18)19/h2-17H2,1H3/p+1. The number of hydrogen-bond acceptors (Lipinski definition) is 2. The molecule has 0 aliphatic carbocycles. The van der Waals surface area contributed by atoms with Crippen LogP contribution in [0.5, 0.6) is 0 Å². The highest BCUT2D eigenvalue weighted by molar-refractivity contribution is 7.32. The Morgan fingerprint density at radius 3 is 1.33 bits per heavy atom. The Kier molecular flexibility index (Phi) is 18.1. The first-order valence-electron chi connectivity index (χ1n) is 9.06. The van der Waals surface area contributed by atoms with Gasteiger partial charge in [-0.05, 0) is 6.42 Å². The van der Waals surface area contributed by atoms with Gasteiger partial charge in [-0.3, -0.25) is 0 Å². The molecule has 1 unspecified atom stereocenters. The Morgan fingerprint density at radius 1 is 0.667 bits per heavy atom. The summed E-state index contributed by atoms with van der Waals surface area (Å²) in [5, 5.41) is 0. The molecule has 0 saturated carbocycles. The van der Waals surface area contributed by atoms with Gasteiger partial charge in [-0.25, -0.2) is 0 Å². The molecule has 0 radical (unpaired) electrons. The van der Waals surface area contributed by atoms with Crippen molar-refractivity contribution in [1.82, 2.24) is 0 Å². The molecule has 21 heavy (non-hydrogen) atoms. The molecule has 0 fully saturated rings. The van der Waals surface area contributed by atoms with Crippen molar-refractivity contribution in [3.05, 3.63) is 0 Å². The van der Waals surface area contributed by atoms with E-state index in [4.69, 9.17) is 4.89 Å². The third kappa shape index (κ3) is 20.0. The van der Waals surface area contributed by atoms with Crippen molar-refractivity contribution in [2.75, 3.05) is 6.61 Å². The quantitative estimate of drug-likeness (QED) is 0.245. The highest BCUT2D eigenvalue weighted by Gasteiger charge is 2.09. The van der Waals surface area contributed by atoms with Crippen molar-refractivity contribution in [3.8, 4) is 0 Å². The molecule has 1 atom stereocenters. The maximum atomic E-state index is 10.3. The van der Waals surface area contributed by atoms with Crippen molar-refractivity contribution in [2.24, 2.45) is 0 Å². The molecule has 0 aromatic heterocycles. The van der Waals surface area contributed by atoms with Gasteiger partial charge in [0.05, 0.1) is 0 Å². The minimum atomic E-state index is -2.39. The van der Waals surface area contributed by atoms with E-state index in [1.807, 2.05) is 0 Å². The SMILES string of the molecule is CCCCCCCCCCCCCCCCCO[P+](=O)O. The lowest BCUT2D eigenvalue weighted by Gasteiger charge is -2.02. The van der Waals surface area contributed by atoms with E-state index in [-0.39, 0.29) is 0 Å². The Bertz CT molecular complexity index is 222. The van der Waals surface area contributed by atoms with Crippen molar-refractivity contribution in [2.45, 2.75) is 103 Å². The molecule has 1 N–H and O–H groups in total. The molecular formula is C17H36O3P+. The molecular weight excluding hydrogens is 283 g/mol. The summed E-state index contributed by atoms with van der Waals surface area (Å²) in [4.78, 5) is 8.45. The van der Waals surface area contributed by atoms with Gasteiger partial charge in [-0.2, -0.15) is 0 Å². The fraction of sp³-hybridized carbons (Fsp3) is 1.00. The average molecular weight is 319 g/mol. The Morgan fingerprint density at radius 2 is 1.00 bits per heavy atom. The van der Waals surface area contributed by atoms with Gasteiger partial charge >= 0.3 is 8.25 Å². The molecule has 3 nitrogen and oxygen atoms in total. The summed E-state index contributed by atoms with van der Waals surface area (Å²) in [6.07, 6.45) is 19.9. The van der Waals surface area contributed by atoms with Gasteiger partial charge in [-0.1, -0.05) is 96.8 Å². The molecule has 0 aliphatic rings. The van der Waals surface area contributed by atoms with Crippen LogP contribution in [0.2, 0.25) is 0 Å². The van der Waals surface area contributed by atoms with Crippen molar-refractivity contribution < 1.29 is 14.0 Å². The molecule has 0 saturated heterocycles. The lowest BCUT2D eigenvalue weighted by atomic mass is 10.0. The van der Waals surface area contributed by atoms with Gasteiger partial charge in [0.25, 0.3) is 0 Å². The molecule has 0 bridgehead atoms. The largest absolute Gasteiger partial charge is 0.694 e. The van der Waals surface area contributed by atoms with Crippen molar-refractivity contribution in [3.63, 3.8) is 0 Å². The second-order valence-corrected chi connectivity index (χ2v) is 6.75. The molecule has 0 heterocycles.